The predicted octanol–water partition coefficient (Wildman–Crippen LogP) is 4.04. The van der Waals surface area contributed by atoms with Crippen LogP contribution in [-0.2, 0) is 13.0 Å². The Balaban J connectivity index is 1.88. The first-order chi connectivity index (χ1) is 9.88. The van der Waals surface area contributed by atoms with Gasteiger partial charge in [-0.25, -0.2) is 0 Å². The number of anilines is 1. The van der Waals surface area contributed by atoms with Crippen molar-refractivity contribution in [3.8, 4) is 5.75 Å². The fourth-order valence-electron chi connectivity index (χ4n) is 2.93. The summed E-state index contributed by atoms with van der Waals surface area (Å²) in [6, 6.07) is 17.1. The van der Waals surface area contributed by atoms with Gasteiger partial charge in [-0.05, 0) is 37.5 Å². The minimum Gasteiger partial charge on any atom is -0.494 e. The van der Waals surface area contributed by atoms with Gasteiger partial charge in [-0.2, -0.15) is 0 Å². The van der Waals surface area contributed by atoms with Gasteiger partial charge in [-0.15, -0.1) is 0 Å². The normalized spacial score (nSPS) is 13.9. The Morgan fingerprint density at radius 2 is 1.90 bits per heavy atom. The van der Waals surface area contributed by atoms with E-state index in [1.54, 1.807) is 0 Å². The zero-order valence-corrected chi connectivity index (χ0v) is 12.0. The van der Waals surface area contributed by atoms with E-state index < -0.39 is 0 Å². The standard InChI is InChI=1S/C18H21NO/c1-2-20-18-12-6-11-17-16(18)10-7-13-19(17)14-15-8-4-3-5-9-15/h3-6,8-9,11-12H,2,7,10,13-14H2,1H3. The summed E-state index contributed by atoms with van der Waals surface area (Å²) in [6.45, 7) is 4.87. The first-order valence-electron chi connectivity index (χ1n) is 7.42. The summed E-state index contributed by atoms with van der Waals surface area (Å²) in [7, 11) is 0. The molecule has 0 saturated heterocycles. The lowest BCUT2D eigenvalue weighted by Crippen LogP contribution is -2.29. The maximum Gasteiger partial charge on any atom is 0.124 e. The molecular weight excluding hydrogens is 246 g/mol. The van der Waals surface area contributed by atoms with Crippen molar-refractivity contribution < 1.29 is 4.74 Å². The summed E-state index contributed by atoms with van der Waals surface area (Å²) in [4.78, 5) is 2.47. The first kappa shape index (κ1) is 13.0. The third-order valence-corrected chi connectivity index (χ3v) is 3.82. The fraction of sp³-hybridized carbons (Fsp3) is 0.333. The van der Waals surface area contributed by atoms with Gasteiger partial charge in [0.25, 0.3) is 0 Å². The van der Waals surface area contributed by atoms with Crippen LogP contribution in [-0.4, -0.2) is 13.2 Å². The molecule has 2 aromatic carbocycles. The van der Waals surface area contributed by atoms with Crippen LogP contribution in [0.5, 0.6) is 5.75 Å². The second-order valence-corrected chi connectivity index (χ2v) is 5.20. The molecule has 20 heavy (non-hydrogen) atoms. The lowest BCUT2D eigenvalue weighted by Gasteiger charge is -2.32. The first-order valence-corrected chi connectivity index (χ1v) is 7.42. The van der Waals surface area contributed by atoms with Crippen LogP contribution in [0.3, 0.4) is 0 Å². The van der Waals surface area contributed by atoms with Crippen molar-refractivity contribution in [2.24, 2.45) is 0 Å². The number of hydrogen-bond acceptors (Lipinski definition) is 2. The Morgan fingerprint density at radius 3 is 2.70 bits per heavy atom. The summed E-state index contributed by atoms with van der Waals surface area (Å²) in [5.74, 6) is 1.06. The molecule has 0 atom stereocenters. The van der Waals surface area contributed by atoms with Gasteiger partial charge >= 0.3 is 0 Å². The van der Waals surface area contributed by atoms with E-state index >= 15 is 0 Å². The zero-order valence-electron chi connectivity index (χ0n) is 12.0. The van der Waals surface area contributed by atoms with E-state index in [4.69, 9.17) is 4.74 Å². The number of nitrogens with zero attached hydrogens (tertiary/aromatic N) is 1. The molecule has 0 unspecified atom stereocenters. The number of fused-ring (bicyclic) bond motifs is 1. The van der Waals surface area contributed by atoms with Gasteiger partial charge in [0.1, 0.15) is 5.75 Å². The number of hydrogen-bond donors (Lipinski definition) is 0. The van der Waals surface area contributed by atoms with Crippen molar-refractivity contribution in [3.05, 3.63) is 59.7 Å². The highest BCUT2D eigenvalue weighted by Crippen LogP contribution is 2.34. The van der Waals surface area contributed by atoms with Crippen LogP contribution >= 0.6 is 0 Å². The largest absolute Gasteiger partial charge is 0.494 e. The van der Waals surface area contributed by atoms with Crippen LogP contribution in [0.25, 0.3) is 0 Å². The minimum atomic E-state index is 0.731. The predicted molar refractivity (Wildman–Crippen MR) is 83.4 cm³/mol. The van der Waals surface area contributed by atoms with Crippen molar-refractivity contribution in [2.45, 2.75) is 26.3 Å². The van der Waals surface area contributed by atoms with Crippen molar-refractivity contribution in [3.63, 3.8) is 0 Å². The highest BCUT2D eigenvalue weighted by Gasteiger charge is 2.19. The molecule has 1 aliphatic heterocycles. The molecule has 1 aliphatic rings. The Kier molecular flexibility index (Phi) is 3.91. The van der Waals surface area contributed by atoms with E-state index in [1.165, 1.54) is 23.2 Å². The molecule has 104 valence electrons. The Morgan fingerprint density at radius 1 is 1.05 bits per heavy atom. The van der Waals surface area contributed by atoms with Crippen LogP contribution in [0.2, 0.25) is 0 Å². The molecule has 0 aliphatic carbocycles. The van der Waals surface area contributed by atoms with E-state index in [2.05, 4.69) is 53.4 Å². The van der Waals surface area contributed by atoms with Gasteiger partial charge in [-0.3, -0.25) is 0 Å². The number of ether oxygens (including phenoxy) is 1. The molecule has 1 heterocycles. The van der Waals surface area contributed by atoms with Crippen LogP contribution < -0.4 is 9.64 Å². The summed E-state index contributed by atoms with van der Waals surface area (Å²) in [6.07, 6.45) is 2.32. The molecule has 0 radical (unpaired) electrons. The smallest absolute Gasteiger partial charge is 0.124 e. The molecule has 2 aromatic rings. The molecule has 2 heteroatoms. The topological polar surface area (TPSA) is 12.5 Å². The summed E-state index contributed by atoms with van der Waals surface area (Å²) in [5, 5.41) is 0. The molecule has 0 saturated carbocycles. The second-order valence-electron chi connectivity index (χ2n) is 5.20. The Bertz CT molecular complexity index is 565. The SMILES string of the molecule is CCOc1cccc2c1CCCN2Cc1ccccc1. The third kappa shape index (κ3) is 2.64. The molecule has 0 spiro atoms. The van der Waals surface area contributed by atoms with Crippen molar-refractivity contribution in [1.29, 1.82) is 0 Å². The highest BCUT2D eigenvalue weighted by atomic mass is 16.5. The quantitative estimate of drug-likeness (QED) is 0.829. The van der Waals surface area contributed by atoms with Gasteiger partial charge in [-0.1, -0.05) is 36.4 Å². The lowest BCUT2D eigenvalue weighted by molar-refractivity contribution is 0.335. The number of benzene rings is 2. The molecule has 0 aromatic heterocycles. The van der Waals surface area contributed by atoms with Gasteiger partial charge in [0, 0.05) is 24.3 Å². The van der Waals surface area contributed by atoms with Crippen LogP contribution in [0.1, 0.15) is 24.5 Å². The molecule has 0 amide bonds. The fourth-order valence-corrected chi connectivity index (χ4v) is 2.93. The van der Waals surface area contributed by atoms with Gasteiger partial charge in [0.2, 0.25) is 0 Å². The molecule has 3 rings (SSSR count). The summed E-state index contributed by atoms with van der Waals surface area (Å²) < 4.78 is 5.78. The molecule has 0 N–H and O–H groups in total. The van der Waals surface area contributed by atoms with Crippen molar-refractivity contribution in [1.82, 2.24) is 0 Å². The van der Waals surface area contributed by atoms with Crippen LogP contribution in [0, 0.1) is 0 Å². The maximum absolute atomic E-state index is 5.78. The second kappa shape index (κ2) is 6.00. The number of rotatable bonds is 4. The summed E-state index contributed by atoms with van der Waals surface area (Å²) in [5.41, 5.74) is 4.07. The molecule has 2 nitrogen and oxygen atoms in total. The van der Waals surface area contributed by atoms with E-state index in [0.717, 1.165) is 31.9 Å². The Labute approximate surface area is 121 Å². The van der Waals surface area contributed by atoms with Gasteiger partial charge in [0.15, 0.2) is 0 Å². The zero-order chi connectivity index (χ0) is 13.8. The minimum absolute atomic E-state index is 0.731. The van der Waals surface area contributed by atoms with E-state index in [0.29, 0.717) is 0 Å². The highest BCUT2D eigenvalue weighted by molar-refractivity contribution is 5.61. The van der Waals surface area contributed by atoms with Gasteiger partial charge < -0.3 is 9.64 Å². The average molecular weight is 267 g/mol. The maximum atomic E-state index is 5.78. The van der Waals surface area contributed by atoms with E-state index in [-0.39, 0.29) is 0 Å². The van der Waals surface area contributed by atoms with Crippen LogP contribution in [0.4, 0.5) is 5.69 Å². The van der Waals surface area contributed by atoms with Gasteiger partial charge in [0.05, 0.1) is 6.61 Å². The third-order valence-electron chi connectivity index (χ3n) is 3.82. The molecule has 0 fully saturated rings. The van der Waals surface area contributed by atoms with Crippen molar-refractivity contribution >= 4 is 5.69 Å². The summed E-state index contributed by atoms with van der Waals surface area (Å²) >= 11 is 0. The lowest BCUT2D eigenvalue weighted by atomic mass is 10.00. The molecular formula is C18H21NO. The monoisotopic (exact) mass is 267 g/mol. The van der Waals surface area contributed by atoms with E-state index in [9.17, 15) is 0 Å². The van der Waals surface area contributed by atoms with Crippen molar-refractivity contribution in [2.75, 3.05) is 18.1 Å². The van der Waals surface area contributed by atoms with E-state index in [1.807, 2.05) is 6.92 Å². The average Bonchev–Trinajstić information content (AvgIpc) is 2.50. The molecule has 0 bridgehead atoms. The Hall–Kier alpha value is -1.96. The van der Waals surface area contributed by atoms with Crippen LogP contribution in [0.15, 0.2) is 48.5 Å².